The fraction of sp³-hybridized carbons (Fsp3) is 0.333. The van der Waals surface area contributed by atoms with Gasteiger partial charge < -0.3 is 10.2 Å². The monoisotopic (exact) mass is 328 g/mol. The number of nitrogens with zero attached hydrogens (tertiary/aromatic N) is 1. The maximum atomic E-state index is 12.3. The maximum absolute atomic E-state index is 12.3. The van der Waals surface area contributed by atoms with Gasteiger partial charge in [-0.15, -0.1) is 11.3 Å². The molecule has 2 aromatic rings. The highest BCUT2D eigenvalue weighted by molar-refractivity contribution is 7.10. The maximum Gasteiger partial charge on any atom is 0.227 e. The zero-order chi connectivity index (χ0) is 16.1. The highest BCUT2D eigenvalue weighted by atomic mass is 32.1. The second kappa shape index (κ2) is 7.42. The molecule has 0 spiro atoms. The van der Waals surface area contributed by atoms with E-state index in [-0.39, 0.29) is 17.7 Å². The molecule has 120 valence electrons. The van der Waals surface area contributed by atoms with Crippen LogP contribution in [-0.2, 0) is 16.0 Å². The van der Waals surface area contributed by atoms with Crippen LogP contribution in [0, 0.1) is 5.92 Å². The van der Waals surface area contributed by atoms with Crippen LogP contribution in [-0.4, -0.2) is 29.8 Å². The molecule has 1 aliphatic rings. The number of para-hydroxylation sites is 1. The van der Waals surface area contributed by atoms with Gasteiger partial charge in [0, 0.05) is 29.6 Å². The van der Waals surface area contributed by atoms with Gasteiger partial charge in [0.25, 0.3) is 0 Å². The number of hydrogen-bond acceptors (Lipinski definition) is 3. The Bertz CT molecular complexity index is 647. The first kappa shape index (κ1) is 15.7. The summed E-state index contributed by atoms with van der Waals surface area (Å²) in [6, 6.07) is 13.5. The van der Waals surface area contributed by atoms with Gasteiger partial charge in [-0.2, -0.15) is 0 Å². The van der Waals surface area contributed by atoms with Crippen LogP contribution in [0.4, 0.5) is 5.69 Å². The second-order valence-corrected chi connectivity index (χ2v) is 6.80. The zero-order valence-electron chi connectivity index (χ0n) is 12.9. The molecule has 2 heterocycles. The molecule has 0 atom stereocenters. The molecule has 0 radical (unpaired) electrons. The van der Waals surface area contributed by atoms with Crippen molar-refractivity contribution in [2.24, 2.45) is 5.92 Å². The Labute approximate surface area is 140 Å². The van der Waals surface area contributed by atoms with Crippen LogP contribution >= 0.6 is 11.3 Å². The summed E-state index contributed by atoms with van der Waals surface area (Å²) in [6.45, 7) is 1.33. The summed E-state index contributed by atoms with van der Waals surface area (Å²) in [6.07, 6.45) is 1.93. The number of carbonyl (C=O) groups is 2. The fourth-order valence-electron chi connectivity index (χ4n) is 2.83. The number of hydrogen-bond donors (Lipinski definition) is 1. The molecule has 5 heteroatoms. The summed E-state index contributed by atoms with van der Waals surface area (Å²) >= 11 is 1.61. The molecule has 1 aromatic heterocycles. The van der Waals surface area contributed by atoms with Gasteiger partial charge in [-0.05, 0) is 36.4 Å². The van der Waals surface area contributed by atoms with Gasteiger partial charge in [0.15, 0.2) is 0 Å². The van der Waals surface area contributed by atoms with Crippen molar-refractivity contribution in [2.75, 3.05) is 18.4 Å². The van der Waals surface area contributed by atoms with E-state index in [0.717, 1.165) is 23.4 Å². The molecule has 4 nitrogen and oxygen atoms in total. The normalized spacial score (nSPS) is 15.4. The summed E-state index contributed by atoms with van der Waals surface area (Å²) in [5, 5.41) is 4.94. The van der Waals surface area contributed by atoms with Gasteiger partial charge >= 0.3 is 0 Å². The number of amides is 2. The van der Waals surface area contributed by atoms with Crippen molar-refractivity contribution >= 4 is 28.8 Å². The second-order valence-electron chi connectivity index (χ2n) is 5.77. The van der Waals surface area contributed by atoms with E-state index in [1.165, 1.54) is 0 Å². The number of nitrogens with one attached hydrogen (secondary N) is 1. The molecule has 1 N–H and O–H groups in total. The minimum absolute atomic E-state index is 0.0130. The van der Waals surface area contributed by atoms with E-state index in [1.54, 1.807) is 11.3 Å². The lowest BCUT2D eigenvalue weighted by molar-refractivity contribution is -0.133. The van der Waals surface area contributed by atoms with Crippen molar-refractivity contribution in [3.05, 3.63) is 52.7 Å². The number of thiophene rings is 1. The Morgan fingerprint density at radius 1 is 1.09 bits per heavy atom. The van der Waals surface area contributed by atoms with E-state index < -0.39 is 0 Å². The first-order chi connectivity index (χ1) is 11.2. The number of piperidine rings is 1. The number of benzene rings is 1. The molecule has 1 fully saturated rings. The molecule has 0 bridgehead atoms. The Hall–Kier alpha value is -2.14. The summed E-state index contributed by atoms with van der Waals surface area (Å²) < 4.78 is 0. The predicted molar refractivity (Wildman–Crippen MR) is 92.4 cm³/mol. The van der Waals surface area contributed by atoms with E-state index in [4.69, 9.17) is 0 Å². The van der Waals surface area contributed by atoms with Crippen molar-refractivity contribution < 1.29 is 9.59 Å². The summed E-state index contributed by atoms with van der Waals surface area (Å²) in [7, 11) is 0. The van der Waals surface area contributed by atoms with Crippen LogP contribution in [0.1, 0.15) is 17.7 Å². The van der Waals surface area contributed by atoms with Gasteiger partial charge in [-0.25, -0.2) is 0 Å². The van der Waals surface area contributed by atoms with Gasteiger partial charge in [0.05, 0.1) is 6.42 Å². The Kier molecular flexibility index (Phi) is 5.08. The SMILES string of the molecule is O=C(Nc1ccccc1)C1CCN(C(=O)Cc2cccs2)CC1. The lowest BCUT2D eigenvalue weighted by atomic mass is 9.95. The van der Waals surface area contributed by atoms with Gasteiger partial charge in [0.2, 0.25) is 11.8 Å². The van der Waals surface area contributed by atoms with E-state index in [9.17, 15) is 9.59 Å². The summed E-state index contributed by atoms with van der Waals surface area (Å²) in [4.78, 5) is 27.5. The molecule has 0 saturated carbocycles. The smallest absolute Gasteiger partial charge is 0.227 e. The minimum Gasteiger partial charge on any atom is -0.342 e. The summed E-state index contributed by atoms with van der Waals surface area (Å²) in [5.74, 6) is 0.205. The van der Waals surface area contributed by atoms with Crippen molar-refractivity contribution in [2.45, 2.75) is 19.3 Å². The highest BCUT2D eigenvalue weighted by Gasteiger charge is 2.27. The van der Waals surface area contributed by atoms with Crippen LogP contribution in [0.15, 0.2) is 47.8 Å². The van der Waals surface area contributed by atoms with Gasteiger partial charge in [-0.1, -0.05) is 24.3 Å². The number of likely N-dealkylation sites (tertiary alicyclic amines) is 1. The molecule has 0 unspecified atom stereocenters. The van der Waals surface area contributed by atoms with Gasteiger partial charge in [0.1, 0.15) is 0 Å². The molecule has 1 aromatic carbocycles. The van der Waals surface area contributed by atoms with E-state index in [0.29, 0.717) is 19.5 Å². The third-order valence-corrected chi connectivity index (χ3v) is 5.04. The third-order valence-electron chi connectivity index (χ3n) is 4.17. The molecular formula is C18H20N2O2S. The van der Waals surface area contributed by atoms with Crippen molar-refractivity contribution in [1.82, 2.24) is 4.90 Å². The fourth-order valence-corrected chi connectivity index (χ4v) is 3.53. The van der Waals surface area contributed by atoms with Gasteiger partial charge in [-0.3, -0.25) is 9.59 Å². The van der Waals surface area contributed by atoms with Crippen LogP contribution in [0.5, 0.6) is 0 Å². The number of carbonyl (C=O) groups excluding carboxylic acids is 2. The van der Waals surface area contributed by atoms with Crippen LogP contribution in [0.3, 0.4) is 0 Å². The lowest BCUT2D eigenvalue weighted by Gasteiger charge is -2.31. The van der Waals surface area contributed by atoms with Crippen LogP contribution in [0.25, 0.3) is 0 Å². The Morgan fingerprint density at radius 3 is 2.48 bits per heavy atom. The molecule has 1 aliphatic heterocycles. The molecule has 1 saturated heterocycles. The van der Waals surface area contributed by atoms with Crippen molar-refractivity contribution in [1.29, 1.82) is 0 Å². The van der Waals surface area contributed by atoms with Crippen LogP contribution in [0.2, 0.25) is 0 Å². The van der Waals surface area contributed by atoms with Crippen LogP contribution < -0.4 is 5.32 Å². The molecule has 3 rings (SSSR count). The standard InChI is InChI=1S/C18H20N2O2S/c21-17(13-16-7-4-12-23-16)20-10-8-14(9-11-20)18(22)19-15-5-2-1-3-6-15/h1-7,12,14H,8-11,13H2,(H,19,22). The molecule has 23 heavy (non-hydrogen) atoms. The average Bonchev–Trinajstić information content (AvgIpc) is 3.09. The average molecular weight is 328 g/mol. The molecule has 0 aliphatic carbocycles. The first-order valence-corrected chi connectivity index (χ1v) is 8.76. The molecule has 2 amide bonds. The molecular weight excluding hydrogens is 308 g/mol. The third kappa shape index (κ3) is 4.20. The lowest BCUT2D eigenvalue weighted by Crippen LogP contribution is -2.42. The minimum atomic E-state index is -0.0130. The quantitative estimate of drug-likeness (QED) is 0.937. The van der Waals surface area contributed by atoms with E-state index in [1.807, 2.05) is 52.7 Å². The van der Waals surface area contributed by atoms with Crippen molar-refractivity contribution in [3.8, 4) is 0 Å². The largest absolute Gasteiger partial charge is 0.342 e. The van der Waals surface area contributed by atoms with E-state index >= 15 is 0 Å². The predicted octanol–water partition coefficient (Wildman–Crippen LogP) is 3.17. The Morgan fingerprint density at radius 2 is 1.83 bits per heavy atom. The summed E-state index contributed by atoms with van der Waals surface area (Å²) in [5.41, 5.74) is 0.828. The topological polar surface area (TPSA) is 49.4 Å². The zero-order valence-corrected chi connectivity index (χ0v) is 13.7. The van der Waals surface area contributed by atoms with Crippen molar-refractivity contribution in [3.63, 3.8) is 0 Å². The first-order valence-electron chi connectivity index (χ1n) is 7.88. The highest BCUT2D eigenvalue weighted by Crippen LogP contribution is 2.21. The van der Waals surface area contributed by atoms with E-state index in [2.05, 4.69) is 5.32 Å². The number of anilines is 1. The number of rotatable bonds is 4. The Balaban J connectivity index is 1.48.